The van der Waals surface area contributed by atoms with Crippen molar-refractivity contribution in [3.63, 3.8) is 0 Å². The second-order valence-corrected chi connectivity index (χ2v) is 6.43. The lowest BCUT2D eigenvalue weighted by atomic mass is 10.1. The number of hydrogen-bond acceptors (Lipinski definition) is 2. The fourth-order valence-corrected chi connectivity index (χ4v) is 2.95. The Kier molecular flexibility index (Phi) is 3.95. The van der Waals surface area contributed by atoms with E-state index in [-0.39, 0.29) is 4.90 Å². The third-order valence-corrected chi connectivity index (χ3v) is 4.34. The highest BCUT2D eigenvalue weighted by Crippen LogP contribution is 2.24. The Balaban J connectivity index is 2.38. The van der Waals surface area contributed by atoms with E-state index in [1.807, 2.05) is 26.0 Å². The molecule has 0 amide bonds. The largest absolute Gasteiger partial charge is 0.279 e. The van der Waals surface area contributed by atoms with E-state index in [1.165, 1.54) is 0 Å². The summed E-state index contributed by atoms with van der Waals surface area (Å²) in [4.78, 5) is 0.250. The maximum atomic E-state index is 12.3. The van der Waals surface area contributed by atoms with Gasteiger partial charge >= 0.3 is 0 Å². The Bertz CT molecular complexity index is 731. The van der Waals surface area contributed by atoms with Gasteiger partial charge in [0.15, 0.2) is 0 Å². The van der Waals surface area contributed by atoms with Crippen molar-refractivity contribution in [2.45, 2.75) is 18.7 Å². The van der Waals surface area contributed by atoms with Gasteiger partial charge in [0.05, 0.1) is 10.6 Å². The van der Waals surface area contributed by atoms with Crippen LogP contribution in [0, 0.1) is 6.92 Å². The Hall–Kier alpha value is -2.07. The van der Waals surface area contributed by atoms with Gasteiger partial charge in [-0.2, -0.15) is 0 Å². The minimum atomic E-state index is -3.58. The van der Waals surface area contributed by atoms with E-state index in [2.05, 4.69) is 11.3 Å². The number of allylic oxidation sites excluding steroid dienone is 1. The zero-order valence-electron chi connectivity index (χ0n) is 11.6. The molecule has 0 unspecified atom stereocenters. The molecular weight excluding hydrogens is 270 g/mol. The normalized spacial score (nSPS) is 11.1. The maximum Gasteiger partial charge on any atom is 0.261 e. The second kappa shape index (κ2) is 5.51. The quantitative estimate of drug-likeness (QED) is 0.929. The van der Waals surface area contributed by atoms with Gasteiger partial charge in [0.1, 0.15) is 0 Å². The molecule has 0 aliphatic carbocycles. The highest BCUT2D eigenvalue weighted by Gasteiger charge is 2.15. The Morgan fingerprint density at radius 1 is 1.05 bits per heavy atom. The number of benzene rings is 2. The van der Waals surface area contributed by atoms with E-state index in [4.69, 9.17) is 0 Å². The van der Waals surface area contributed by atoms with Crippen molar-refractivity contribution in [1.29, 1.82) is 0 Å². The number of hydrogen-bond donors (Lipinski definition) is 1. The first kappa shape index (κ1) is 14.3. The summed E-state index contributed by atoms with van der Waals surface area (Å²) in [7, 11) is -3.58. The van der Waals surface area contributed by atoms with Crippen LogP contribution in [-0.4, -0.2) is 8.42 Å². The summed E-state index contributed by atoms with van der Waals surface area (Å²) in [6.45, 7) is 7.63. The highest BCUT2D eigenvalue weighted by atomic mass is 32.2. The number of aryl methyl sites for hydroxylation is 1. The summed E-state index contributed by atoms with van der Waals surface area (Å²) < 4.78 is 27.3. The van der Waals surface area contributed by atoms with Crippen LogP contribution in [0.15, 0.2) is 60.0 Å². The summed E-state index contributed by atoms with van der Waals surface area (Å²) in [5, 5.41) is 0. The SMILES string of the molecule is C=C(C)c1ccccc1NS(=O)(=O)c1ccc(C)cc1. The molecule has 3 nitrogen and oxygen atoms in total. The zero-order valence-corrected chi connectivity index (χ0v) is 12.4. The van der Waals surface area contributed by atoms with Crippen LogP contribution in [0.3, 0.4) is 0 Å². The molecule has 0 aliphatic heterocycles. The van der Waals surface area contributed by atoms with Crippen molar-refractivity contribution in [1.82, 2.24) is 0 Å². The molecule has 0 bridgehead atoms. The van der Waals surface area contributed by atoms with Crippen molar-refractivity contribution in [3.05, 3.63) is 66.2 Å². The van der Waals surface area contributed by atoms with Gasteiger partial charge in [0.25, 0.3) is 10.0 Å². The van der Waals surface area contributed by atoms with Crippen molar-refractivity contribution in [3.8, 4) is 0 Å². The summed E-state index contributed by atoms with van der Waals surface area (Å²) in [5.41, 5.74) is 3.17. The smallest absolute Gasteiger partial charge is 0.261 e. The molecule has 104 valence electrons. The van der Waals surface area contributed by atoms with E-state index in [9.17, 15) is 8.42 Å². The number of para-hydroxylation sites is 1. The molecule has 4 heteroatoms. The molecule has 0 saturated carbocycles. The first-order chi connectivity index (χ1) is 9.40. The average Bonchev–Trinajstić information content (AvgIpc) is 2.39. The van der Waals surface area contributed by atoms with Crippen LogP contribution in [0.5, 0.6) is 0 Å². The number of sulfonamides is 1. The topological polar surface area (TPSA) is 46.2 Å². The third-order valence-electron chi connectivity index (χ3n) is 2.96. The molecule has 0 fully saturated rings. The number of rotatable bonds is 4. The zero-order chi connectivity index (χ0) is 14.8. The molecule has 2 aromatic carbocycles. The van der Waals surface area contributed by atoms with E-state index in [0.29, 0.717) is 5.69 Å². The van der Waals surface area contributed by atoms with Crippen LogP contribution in [0.2, 0.25) is 0 Å². The first-order valence-corrected chi connectivity index (χ1v) is 7.73. The maximum absolute atomic E-state index is 12.3. The van der Waals surface area contributed by atoms with Crippen molar-refractivity contribution in [2.75, 3.05) is 4.72 Å². The molecule has 0 radical (unpaired) electrons. The fraction of sp³-hybridized carbons (Fsp3) is 0.125. The van der Waals surface area contributed by atoms with E-state index >= 15 is 0 Å². The molecular formula is C16H17NO2S. The van der Waals surface area contributed by atoms with Crippen LogP contribution in [-0.2, 0) is 10.0 Å². The second-order valence-electron chi connectivity index (χ2n) is 4.74. The van der Waals surface area contributed by atoms with Gasteiger partial charge in [-0.25, -0.2) is 8.42 Å². The van der Waals surface area contributed by atoms with Crippen LogP contribution < -0.4 is 4.72 Å². The lowest BCUT2D eigenvalue weighted by Gasteiger charge is -2.12. The minimum absolute atomic E-state index is 0.250. The summed E-state index contributed by atoms with van der Waals surface area (Å²) in [6, 6.07) is 14.0. The minimum Gasteiger partial charge on any atom is -0.279 e. The summed E-state index contributed by atoms with van der Waals surface area (Å²) in [5.74, 6) is 0. The van der Waals surface area contributed by atoms with Gasteiger partial charge in [-0.15, -0.1) is 0 Å². The van der Waals surface area contributed by atoms with E-state index in [0.717, 1.165) is 16.7 Å². The van der Waals surface area contributed by atoms with Gasteiger partial charge in [-0.1, -0.05) is 42.5 Å². The molecule has 0 saturated heterocycles. The van der Waals surface area contributed by atoms with Gasteiger partial charge in [-0.3, -0.25) is 4.72 Å². The summed E-state index contributed by atoms with van der Waals surface area (Å²) in [6.07, 6.45) is 0. The molecule has 0 spiro atoms. The molecule has 0 atom stereocenters. The molecule has 0 aliphatic rings. The Morgan fingerprint density at radius 3 is 2.25 bits per heavy atom. The molecule has 2 aromatic rings. The predicted molar refractivity (Wildman–Crippen MR) is 83.1 cm³/mol. The standard InChI is InChI=1S/C16H17NO2S/c1-12(2)15-6-4-5-7-16(15)17-20(18,19)14-10-8-13(3)9-11-14/h4-11,17H,1H2,2-3H3. The molecule has 0 heterocycles. The van der Waals surface area contributed by atoms with Gasteiger partial charge < -0.3 is 0 Å². The van der Waals surface area contributed by atoms with Gasteiger partial charge in [0.2, 0.25) is 0 Å². The summed E-state index contributed by atoms with van der Waals surface area (Å²) >= 11 is 0. The molecule has 1 N–H and O–H groups in total. The Labute approximate surface area is 120 Å². The molecule has 20 heavy (non-hydrogen) atoms. The van der Waals surface area contributed by atoms with Crippen molar-refractivity contribution >= 4 is 21.3 Å². The third kappa shape index (κ3) is 3.08. The van der Waals surface area contributed by atoms with Crippen molar-refractivity contribution < 1.29 is 8.42 Å². The van der Waals surface area contributed by atoms with Crippen LogP contribution in [0.1, 0.15) is 18.1 Å². The predicted octanol–water partition coefficient (Wildman–Crippen LogP) is 3.83. The van der Waals surface area contributed by atoms with Crippen LogP contribution in [0.25, 0.3) is 5.57 Å². The lowest BCUT2D eigenvalue weighted by Crippen LogP contribution is -2.13. The van der Waals surface area contributed by atoms with Gasteiger partial charge in [0, 0.05) is 5.56 Å². The van der Waals surface area contributed by atoms with Crippen LogP contribution >= 0.6 is 0 Å². The van der Waals surface area contributed by atoms with E-state index in [1.54, 1.807) is 36.4 Å². The first-order valence-electron chi connectivity index (χ1n) is 6.24. The van der Waals surface area contributed by atoms with Crippen LogP contribution in [0.4, 0.5) is 5.69 Å². The molecule has 2 rings (SSSR count). The molecule has 0 aromatic heterocycles. The average molecular weight is 287 g/mol. The monoisotopic (exact) mass is 287 g/mol. The Morgan fingerprint density at radius 2 is 1.65 bits per heavy atom. The number of nitrogens with one attached hydrogen (secondary N) is 1. The fourth-order valence-electron chi connectivity index (χ4n) is 1.87. The lowest BCUT2D eigenvalue weighted by molar-refractivity contribution is 0.601. The van der Waals surface area contributed by atoms with Crippen molar-refractivity contribution in [2.24, 2.45) is 0 Å². The highest BCUT2D eigenvalue weighted by molar-refractivity contribution is 7.92. The van der Waals surface area contributed by atoms with Gasteiger partial charge in [-0.05, 0) is 37.6 Å². The number of anilines is 1. The van der Waals surface area contributed by atoms with E-state index < -0.39 is 10.0 Å².